The molecule has 6 heteroatoms. The molecule has 1 saturated heterocycles. The monoisotopic (exact) mass is 353 g/mol. The zero-order valence-electron chi connectivity index (χ0n) is 15.7. The fourth-order valence-electron chi connectivity index (χ4n) is 3.12. The third-order valence-electron chi connectivity index (χ3n) is 4.22. The van der Waals surface area contributed by atoms with Gasteiger partial charge in [0.2, 0.25) is 0 Å². The summed E-state index contributed by atoms with van der Waals surface area (Å²) in [4.78, 5) is 23.6. The Morgan fingerprint density at radius 1 is 1.08 bits per heavy atom. The molecule has 0 atom stereocenters. The Bertz CT molecular complexity index is 763. The molecule has 0 radical (unpaired) electrons. The second-order valence-electron chi connectivity index (χ2n) is 7.69. The average molecular weight is 353 g/mol. The van der Waals surface area contributed by atoms with E-state index < -0.39 is 0 Å². The van der Waals surface area contributed by atoms with E-state index in [2.05, 4.69) is 25.5 Å². The van der Waals surface area contributed by atoms with Crippen LogP contribution in [0.3, 0.4) is 0 Å². The van der Waals surface area contributed by atoms with E-state index in [0.29, 0.717) is 0 Å². The maximum absolute atomic E-state index is 12.1. The van der Waals surface area contributed by atoms with Crippen molar-refractivity contribution < 1.29 is 4.79 Å². The standard InChI is InChI=1S/C20H27N5O/c1-20(2,3)24-19(26)23-16-9-7-8-15(14-16)17-18(22-11-10-21-17)25-12-5-4-6-13-25/h7-11,14H,4-6,12-13H2,1-3H3,(H2,23,24,26). The highest BCUT2D eigenvalue weighted by atomic mass is 16.2. The molecule has 1 aliphatic rings. The number of rotatable bonds is 3. The maximum Gasteiger partial charge on any atom is 0.319 e. The van der Waals surface area contributed by atoms with Crippen LogP contribution in [0.15, 0.2) is 36.7 Å². The Balaban J connectivity index is 1.83. The van der Waals surface area contributed by atoms with Crippen LogP contribution >= 0.6 is 0 Å². The minimum atomic E-state index is -0.284. The van der Waals surface area contributed by atoms with Gasteiger partial charge in [0.25, 0.3) is 0 Å². The third kappa shape index (κ3) is 4.71. The number of hydrogen-bond donors (Lipinski definition) is 2. The molecule has 3 rings (SSSR count). The van der Waals surface area contributed by atoms with Gasteiger partial charge in [0.1, 0.15) is 5.69 Å². The molecule has 138 valence electrons. The van der Waals surface area contributed by atoms with E-state index in [1.54, 1.807) is 12.4 Å². The molecule has 0 aliphatic carbocycles. The summed E-state index contributed by atoms with van der Waals surface area (Å²) in [6.45, 7) is 7.88. The third-order valence-corrected chi connectivity index (χ3v) is 4.22. The lowest BCUT2D eigenvalue weighted by molar-refractivity contribution is 0.244. The minimum Gasteiger partial charge on any atom is -0.355 e. The number of piperidine rings is 1. The van der Waals surface area contributed by atoms with E-state index in [1.165, 1.54) is 19.3 Å². The van der Waals surface area contributed by atoms with Gasteiger partial charge < -0.3 is 15.5 Å². The zero-order chi connectivity index (χ0) is 18.6. The molecule has 0 bridgehead atoms. The van der Waals surface area contributed by atoms with Crippen molar-refractivity contribution in [2.75, 3.05) is 23.3 Å². The van der Waals surface area contributed by atoms with E-state index in [4.69, 9.17) is 0 Å². The molecule has 0 saturated carbocycles. The predicted molar refractivity (Wildman–Crippen MR) is 105 cm³/mol. The summed E-state index contributed by atoms with van der Waals surface area (Å²) in [6.07, 6.45) is 7.10. The molecule has 2 aromatic rings. The predicted octanol–water partition coefficient (Wildman–Crippen LogP) is 4.05. The number of aromatic nitrogens is 2. The van der Waals surface area contributed by atoms with Crippen molar-refractivity contribution in [3.05, 3.63) is 36.7 Å². The van der Waals surface area contributed by atoms with Crippen molar-refractivity contribution in [1.82, 2.24) is 15.3 Å². The summed E-state index contributed by atoms with van der Waals surface area (Å²) in [5.74, 6) is 0.920. The van der Waals surface area contributed by atoms with Gasteiger partial charge in [-0.1, -0.05) is 12.1 Å². The lowest BCUT2D eigenvalue weighted by Gasteiger charge is -2.29. The van der Waals surface area contributed by atoms with Crippen LogP contribution in [-0.4, -0.2) is 34.6 Å². The molecular formula is C20H27N5O. The van der Waals surface area contributed by atoms with E-state index in [0.717, 1.165) is 35.9 Å². The summed E-state index contributed by atoms with van der Waals surface area (Å²) in [7, 11) is 0. The van der Waals surface area contributed by atoms with Crippen molar-refractivity contribution in [3.63, 3.8) is 0 Å². The fraction of sp³-hybridized carbons (Fsp3) is 0.450. The molecule has 0 spiro atoms. The highest BCUT2D eigenvalue weighted by molar-refractivity contribution is 5.90. The van der Waals surface area contributed by atoms with Crippen LogP contribution in [0.4, 0.5) is 16.3 Å². The Morgan fingerprint density at radius 3 is 2.54 bits per heavy atom. The van der Waals surface area contributed by atoms with Crippen LogP contribution in [0.1, 0.15) is 40.0 Å². The van der Waals surface area contributed by atoms with Gasteiger partial charge in [-0.2, -0.15) is 0 Å². The number of nitrogens with zero attached hydrogens (tertiary/aromatic N) is 3. The lowest BCUT2D eigenvalue weighted by Crippen LogP contribution is -2.43. The van der Waals surface area contributed by atoms with Gasteiger partial charge >= 0.3 is 6.03 Å². The van der Waals surface area contributed by atoms with Gasteiger partial charge in [0.05, 0.1) is 0 Å². The first-order valence-corrected chi connectivity index (χ1v) is 9.18. The molecule has 2 heterocycles. The first-order valence-electron chi connectivity index (χ1n) is 9.18. The van der Waals surface area contributed by atoms with Gasteiger partial charge in [0, 0.05) is 42.3 Å². The van der Waals surface area contributed by atoms with Gasteiger partial charge in [-0.05, 0) is 52.2 Å². The molecule has 26 heavy (non-hydrogen) atoms. The number of carbonyl (C=O) groups is 1. The van der Waals surface area contributed by atoms with Crippen molar-refractivity contribution in [2.24, 2.45) is 0 Å². The maximum atomic E-state index is 12.1. The Hall–Kier alpha value is -2.63. The summed E-state index contributed by atoms with van der Waals surface area (Å²) < 4.78 is 0. The van der Waals surface area contributed by atoms with E-state index in [9.17, 15) is 4.79 Å². The Morgan fingerprint density at radius 2 is 1.81 bits per heavy atom. The number of hydrogen-bond acceptors (Lipinski definition) is 4. The van der Waals surface area contributed by atoms with Crippen LogP contribution in [-0.2, 0) is 0 Å². The average Bonchev–Trinajstić information content (AvgIpc) is 2.61. The molecule has 2 N–H and O–H groups in total. The van der Waals surface area contributed by atoms with Gasteiger partial charge in [-0.3, -0.25) is 4.98 Å². The van der Waals surface area contributed by atoms with Crippen LogP contribution in [0.25, 0.3) is 11.3 Å². The second-order valence-corrected chi connectivity index (χ2v) is 7.69. The minimum absolute atomic E-state index is 0.218. The smallest absolute Gasteiger partial charge is 0.319 e. The van der Waals surface area contributed by atoms with Gasteiger partial charge in [-0.15, -0.1) is 0 Å². The molecule has 0 unspecified atom stereocenters. The number of benzene rings is 1. The number of amides is 2. The Labute approximate surface area is 155 Å². The molecule has 6 nitrogen and oxygen atoms in total. The first-order chi connectivity index (χ1) is 12.4. The Kier molecular flexibility index (Phi) is 5.40. The molecule has 2 amide bonds. The molecule has 1 fully saturated rings. The van der Waals surface area contributed by atoms with Crippen molar-refractivity contribution in [2.45, 2.75) is 45.6 Å². The molecule has 1 aromatic heterocycles. The van der Waals surface area contributed by atoms with E-state index in [-0.39, 0.29) is 11.6 Å². The second kappa shape index (κ2) is 7.72. The summed E-state index contributed by atoms with van der Waals surface area (Å²) in [5.41, 5.74) is 2.26. The lowest BCUT2D eigenvalue weighted by atomic mass is 10.1. The number of anilines is 2. The SMILES string of the molecule is CC(C)(C)NC(=O)Nc1cccc(-c2nccnc2N2CCCCC2)c1. The highest BCUT2D eigenvalue weighted by Gasteiger charge is 2.18. The highest BCUT2D eigenvalue weighted by Crippen LogP contribution is 2.30. The first kappa shape index (κ1) is 18.2. The van der Waals surface area contributed by atoms with Crippen molar-refractivity contribution in [3.8, 4) is 11.3 Å². The summed E-state index contributed by atoms with van der Waals surface area (Å²) in [5, 5.41) is 5.80. The van der Waals surface area contributed by atoms with Crippen molar-refractivity contribution >= 4 is 17.5 Å². The van der Waals surface area contributed by atoms with Crippen LogP contribution in [0.2, 0.25) is 0 Å². The van der Waals surface area contributed by atoms with Gasteiger partial charge in [0.15, 0.2) is 5.82 Å². The number of carbonyl (C=O) groups excluding carboxylic acids is 1. The number of nitrogens with one attached hydrogen (secondary N) is 2. The molecule has 1 aliphatic heterocycles. The summed E-state index contributed by atoms with van der Waals surface area (Å²) >= 11 is 0. The normalized spacial score (nSPS) is 14.8. The largest absolute Gasteiger partial charge is 0.355 e. The fourth-order valence-corrected chi connectivity index (χ4v) is 3.12. The van der Waals surface area contributed by atoms with Crippen molar-refractivity contribution in [1.29, 1.82) is 0 Å². The van der Waals surface area contributed by atoms with Crippen LogP contribution in [0.5, 0.6) is 0 Å². The van der Waals surface area contributed by atoms with Crippen LogP contribution in [0, 0.1) is 0 Å². The van der Waals surface area contributed by atoms with Gasteiger partial charge in [-0.25, -0.2) is 9.78 Å². The summed E-state index contributed by atoms with van der Waals surface area (Å²) in [6, 6.07) is 7.54. The quantitative estimate of drug-likeness (QED) is 0.873. The van der Waals surface area contributed by atoms with E-state index >= 15 is 0 Å². The van der Waals surface area contributed by atoms with Crippen LogP contribution < -0.4 is 15.5 Å². The number of urea groups is 1. The molecular weight excluding hydrogens is 326 g/mol. The zero-order valence-corrected chi connectivity index (χ0v) is 15.7. The topological polar surface area (TPSA) is 70.1 Å². The van der Waals surface area contributed by atoms with E-state index in [1.807, 2.05) is 45.0 Å². The molecule has 1 aromatic carbocycles.